The molecule has 12 atom stereocenters. The van der Waals surface area contributed by atoms with E-state index in [2.05, 4.69) is 66.9 Å². The molecule has 14 nitrogen and oxygen atoms in total. The molecule has 0 radical (unpaired) electrons. The minimum Gasteiger partial charge on any atom is -0.394 e. The molecule has 9 N–H and O–H groups in total. The monoisotopic (exact) mass is 795 g/mol. The van der Waals surface area contributed by atoms with Crippen molar-refractivity contribution < 1.29 is 64.6 Å². The minimum atomic E-state index is -1.80. The Labute approximate surface area is 332 Å². The van der Waals surface area contributed by atoms with Crippen LogP contribution in [0.3, 0.4) is 0 Å². The van der Waals surface area contributed by atoms with E-state index in [0.717, 1.165) is 57.8 Å². The number of hydrogen-bond donors (Lipinski definition) is 9. The van der Waals surface area contributed by atoms with Crippen molar-refractivity contribution in [2.75, 3.05) is 19.8 Å². The summed E-state index contributed by atoms with van der Waals surface area (Å²) in [5.74, 6) is -0.292. The Hall–Kier alpha value is -2.57. The first-order valence-corrected chi connectivity index (χ1v) is 20.1. The summed E-state index contributed by atoms with van der Waals surface area (Å²) in [6.07, 6.45) is 17.1. The van der Waals surface area contributed by atoms with E-state index in [1.807, 2.05) is 19.1 Å². The Kier molecular flexibility index (Phi) is 26.2. The van der Waals surface area contributed by atoms with Gasteiger partial charge < -0.3 is 65.1 Å². The Bertz CT molecular complexity index is 1220. The van der Waals surface area contributed by atoms with Crippen LogP contribution in [0.25, 0.3) is 0 Å². The van der Waals surface area contributed by atoms with Crippen LogP contribution in [0.4, 0.5) is 0 Å². The average Bonchev–Trinajstić information content (AvgIpc) is 3.19. The van der Waals surface area contributed by atoms with Gasteiger partial charge in [-0.1, -0.05) is 86.3 Å². The van der Waals surface area contributed by atoms with Crippen molar-refractivity contribution in [3.8, 4) is 0 Å². The van der Waals surface area contributed by atoms with E-state index in [9.17, 15) is 45.6 Å². The highest BCUT2D eigenvalue weighted by Crippen LogP contribution is 2.29. The SMILES string of the molecule is C/C=C/CC/C=C/CC/C=C/C(O)C(COC1OC(CO)C(OC2OC(CO)C(O)C(O)C2O)C(O)C1O)NC(=O)CCCCC/C=C\C/C=C\C/C=C\CC. The van der Waals surface area contributed by atoms with Gasteiger partial charge in [-0.2, -0.15) is 0 Å². The zero-order valence-corrected chi connectivity index (χ0v) is 33.1. The highest BCUT2D eigenvalue weighted by atomic mass is 16.7. The third kappa shape index (κ3) is 18.3. The molecule has 320 valence electrons. The molecule has 2 aliphatic rings. The lowest BCUT2D eigenvalue weighted by molar-refractivity contribution is -0.359. The fourth-order valence-electron chi connectivity index (χ4n) is 6.10. The van der Waals surface area contributed by atoms with E-state index in [-0.39, 0.29) is 18.9 Å². The van der Waals surface area contributed by atoms with Crippen molar-refractivity contribution in [1.82, 2.24) is 5.32 Å². The van der Waals surface area contributed by atoms with E-state index in [0.29, 0.717) is 12.8 Å². The predicted octanol–water partition coefficient (Wildman–Crippen LogP) is 2.53. The van der Waals surface area contributed by atoms with Gasteiger partial charge in [-0.15, -0.1) is 0 Å². The average molecular weight is 796 g/mol. The molecule has 2 aliphatic heterocycles. The van der Waals surface area contributed by atoms with Gasteiger partial charge >= 0.3 is 0 Å². The lowest BCUT2D eigenvalue weighted by atomic mass is 9.97. The summed E-state index contributed by atoms with van der Waals surface area (Å²) in [7, 11) is 0. The fraction of sp³-hybridized carbons (Fsp3) is 0.690. The molecule has 56 heavy (non-hydrogen) atoms. The lowest BCUT2D eigenvalue weighted by Gasteiger charge is -2.46. The first kappa shape index (κ1) is 49.6. The smallest absolute Gasteiger partial charge is 0.220 e. The summed E-state index contributed by atoms with van der Waals surface area (Å²) >= 11 is 0. The van der Waals surface area contributed by atoms with Gasteiger partial charge in [-0.05, 0) is 71.1 Å². The van der Waals surface area contributed by atoms with E-state index in [1.165, 1.54) is 0 Å². The molecule has 0 aromatic carbocycles. The van der Waals surface area contributed by atoms with Crippen LogP contribution in [-0.2, 0) is 23.7 Å². The Morgan fingerprint density at radius 3 is 1.93 bits per heavy atom. The molecular formula is C42H69NO13. The van der Waals surface area contributed by atoms with Crippen molar-refractivity contribution in [2.45, 2.75) is 164 Å². The van der Waals surface area contributed by atoms with E-state index in [4.69, 9.17) is 18.9 Å². The molecular weight excluding hydrogens is 726 g/mol. The van der Waals surface area contributed by atoms with E-state index >= 15 is 0 Å². The van der Waals surface area contributed by atoms with Crippen molar-refractivity contribution >= 4 is 5.91 Å². The van der Waals surface area contributed by atoms with Crippen LogP contribution >= 0.6 is 0 Å². The fourth-order valence-corrected chi connectivity index (χ4v) is 6.10. The summed E-state index contributed by atoms with van der Waals surface area (Å²) in [5.41, 5.74) is 0. The van der Waals surface area contributed by atoms with Gasteiger partial charge in [-0.3, -0.25) is 4.79 Å². The maximum absolute atomic E-state index is 13.0. The van der Waals surface area contributed by atoms with Crippen LogP contribution in [0.2, 0.25) is 0 Å². The number of unbranched alkanes of at least 4 members (excludes halogenated alkanes) is 5. The highest BCUT2D eigenvalue weighted by Gasteiger charge is 2.50. The molecule has 0 bridgehead atoms. The lowest BCUT2D eigenvalue weighted by Crippen LogP contribution is -2.65. The van der Waals surface area contributed by atoms with Gasteiger partial charge in [-0.25, -0.2) is 0 Å². The number of carbonyl (C=O) groups is 1. The molecule has 2 heterocycles. The van der Waals surface area contributed by atoms with Crippen molar-refractivity contribution in [3.05, 3.63) is 72.9 Å². The van der Waals surface area contributed by atoms with E-state index < -0.39 is 86.8 Å². The summed E-state index contributed by atoms with van der Waals surface area (Å²) in [5, 5.41) is 86.0. The molecule has 0 saturated carbocycles. The van der Waals surface area contributed by atoms with Crippen LogP contribution in [0.15, 0.2) is 72.9 Å². The van der Waals surface area contributed by atoms with Gasteiger partial charge in [0.05, 0.1) is 32.0 Å². The van der Waals surface area contributed by atoms with Crippen LogP contribution in [0.5, 0.6) is 0 Å². The maximum atomic E-state index is 13.0. The second-order valence-electron chi connectivity index (χ2n) is 14.0. The first-order chi connectivity index (χ1) is 27.1. The number of hydrogen-bond acceptors (Lipinski definition) is 13. The van der Waals surface area contributed by atoms with Crippen LogP contribution < -0.4 is 5.32 Å². The second kappa shape index (κ2) is 29.6. The molecule has 2 fully saturated rings. The number of nitrogens with one attached hydrogen (secondary N) is 1. The maximum Gasteiger partial charge on any atom is 0.220 e. The number of aliphatic hydroxyl groups is 8. The molecule has 2 rings (SSSR count). The number of carbonyl (C=O) groups excluding carboxylic acids is 1. The highest BCUT2D eigenvalue weighted by molar-refractivity contribution is 5.76. The summed E-state index contributed by atoms with van der Waals surface area (Å²) < 4.78 is 22.5. The molecule has 14 heteroatoms. The molecule has 0 spiro atoms. The second-order valence-corrected chi connectivity index (χ2v) is 14.0. The van der Waals surface area contributed by atoms with E-state index in [1.54, 1.807) is 6.08 Å². The molecule has 1 amide bonds. The number of rotatable bonds is 27. The summed E-state index contributed by atoms with van der Waals surface area (Å²) in [4.78, 5) is 13.0. The molecule has 12 unspecified atom stereocenters. The number of aliphatic hydroxyl groups excluding tert-OH is 8. The zero-order chi connectivity index (χ0) is 41.1. The number of allylic oxidation sites excluding steroid dienone is 11. The third-order valence-electron chi connectivity index (χ3n) is 9.45. The third-order valence-corrected chi connectivity index (χ3v) is 9.45. The number of ether oxygens (including phenoxy) is 4. The minimum absolute atomic E-state index is 0.230. The van der Waals surface area contributed by atoms with Crippen molar-refractivity contribution in [2.24, 2.45) is 0 Å². The zero-order valence-electron chi connectivity index (χ0n) is 33.1. The Balaban J connectivity index is 1.97. The molecule has 0 aromatic rings. The Morgan fingerprint density at radius 2 is 1.27 bits per heavy atom. The van der Waals surface area contributed by atoms with Crippen LogP contribution in [0, 0.1) is 0 Å². The largest absolute Gasteiger partial charge is 0.394 e. The van der Waals surface area contributed by atoms with Gasteiger partial charge in [0.15, 0.2) is 12.6 Å². The normalized spacial score (nSPS) is 30.2. The van der Waals surface area contributed by atoms with Gasteiger partial charge in [0.2, 0.25) is 5.91 Å². The topological polar surface area (TPSA) is 228 Å². The van der Waals surface area contributed by atoms with Crippen LogP contribution in [0.1, 0.15) is 90.9 Å². The first-order valence-electron chi connectivity index (χ1n) is 20.1. The number of amides is 1. The molecule has 0 aliphatic carbocycles. The predicted molar refractivity (Wildman–Crippen MR) is 212 cm³/mol. The van der Waals surface area contributed by atoms with Gasteiger partial charge in [0, 0.05) is 6.42 Å². The molecule has 2 saturated heterocycles. The van der Waals surface area contributed by atoms with Crippen molar-refractivity contribution in [1.29, 1.82) is 0 Å². The van der Waals surface area contributed by atoms with Crippen molar-refractivity contribution in [3.63, 3.8) is 0 Å². The van der Waals surface area contributed by atoms with Gasteiger partial charge in [0.1, 0.15) is 48.8 Å². The summed E-state index contributed by atoms with van der Waals surface area (Å²) in [6.45, 7) is 2.32. The standard InChI is InChI=1S/C42H69NO13/c1-3-5-7-9-11-13-14-15-16-18-20-22-24-26-34(47)43-30(31(46)25-23-21-19-17-12-10-8-6-4-2)29-53-41-39(52)37(50)40(33(28-45)55-41)56-42-38(51)36(49)35(48)32(27-44)54-42/h4-7,11-13,15-17,23,25,30-33,35-42,44-46,48-52H,3,8-10,14,18-22,24,26-29H2,1-2H3,(H,43,47)/b6-4+,7-5-,13-11-,16-15-,17-12+,25-23+. The quantitative estimate of drug-likeness (QED) is 0.0431. The van der Waals surface area contributed by atoms with Gasteiger partial charge in [0.25, 0.3) is 0 Å². The molecule has 0 aromatic heterocycles. The Morgan fingerprint density at radius 1 is 0.679 bits per heavy atom. The van der Waals surface area contributed by atoms with Crippen LogP contribution in [-0.4, -0.2) is 140 Å². The summed E-state index contributed by atoms with van der Waals surface area (Å²) in [6, 6.07) is -0.952.